The summed E-state index contributed by atoms with van der Waals surface area (Å²) >= 11 is 3.26. The van der Waals surface area contributed by atoms with Crippen molar-refractivity contribution in [3.63, 3.8) is 0 Å². The Bertz CT molecular complexity index is 746. The third-order valence-corrected chi connectivity index (χ3v) is 4.69. The van der Waals surface area contributed by atoms with Crippen LogP contribution in [0.4, 0.5) is 5.95 Å². The van der Waals surface area contributed by atoms with E-state index in [-0.39, 0.29) is 0 Å². The molecular formula is C13H15N5S2. The van der Waals surface area contributed by atoms with E-state index in [1.807, 2.05) is 31.0 Å². The SMILES string of the molecule is CCNc1nc(Sc2cc(C)nn2C)c2ccsc2n1. The van der Waals surface area contributed by atoms with Crippen LogP contribution in [0.3, 0.4) is 0 Å². The Hall–Kier alpha value is -1.60. The molecule has 0 aliphatic heterocycles. The fourth-order valence-electron chi connectivity index (χ4n) is 1.92. The number of hydrogen-bond donors (Lipinski definition) is 1. The smallest absolute Gasteiger partial charge is 0.225 e. The van der Waals surface area contributed by atoms with Gasteiger partial charge in [0.15, 0.2) is 0 Å². The van der Waals surface area contributed by atoms with Gasteiger partial charge in [0.1, 0.15) is 14.9 Å². The summed E-state index contributed by atoms with van der Waals surface area (Å²) in [6, 6.07) is 4.14. The van der Waals surface area contributed by atoms with E-state index in [4.69, 9.17) is 0 Å². The summed E-state index contributed by atoms with van der Waals surface area (Å²) in [5.41, 5.74) is 1.01. The van der Waals surface area contributed by atoms with E-state index in [2.05, 4.69) is 32.5 Å². The predicted octanol–water partition coefficient (Wildman–Crippen LogP) is 3.32. The van der Waals surface area contributed by atoms with Crippen LogP contribution in [-0.2, 0) is 7.05 Å². The van der Waals surface area contributed by atoms with Gasteiger partial charge in [-0.25, -0.2) is 9.97 Å². The summed E-state index contributed by atoms with van der Waals surface area (Å²) in [6.45, 7) is 4.85. The molecule has 0 aliphatic rings. The Morgan fingerprint density at radius 2 is 2.25 bits per heavy atom. The van der Waals surface area contributed by atoms with Crippen molar-refractivity contribution < 1.29 is 0 Å². The second-order valence-corrected chi connectivity index (χ2v) is 6.28. The molecule has 3 aromatic rings. The lowest BCUT2D eigenvalue weighted by molar-refractivity contribution is 0.692. The number of fused-ring (bicyclic) bond motifs is 1. The zero-order valence-electron chi connectivity index (χ0n) is 11.5. The zero-order chi connectivity index (χ0) is 14.1. The molecule has 0 fully saturated rings. The first-order chi connectivity index (χ1) is 9.67. The van der Waals surface area contributed by atoms with Gasteiger partial charge in [0.25, 0.3) is 0 Å². The van der Waals surface area contributed by atoms with Crippen LogP contribution in [0.15, 0.2) is 27.6 Å². The number of nitrogens with one attached hydrogen (secondary N) is 1. The average molecular weight is 305 g/mol. The Morgan fingerprint density at radius 3 is 2.95 bits per heavy atom. The lowest BCUT2D eigenvalue weighted by Gasteiger charge is -2.06. The van der Waals surface area contributed by atoms with Gasteiger partial charge >= 0.3 is 0 Å². The fourth-order valence-corrected chi connectivity index (χ4v) is 3.76. The van der Waals surface area contributed by atoms with Crippen LogP contribution in [0.5, 0.6) is 0 Å². The number of nitrogens with zero attached hydrogens (tertiary/aromatic N) is 4. The molecule has 0 aliphatic carbocycles. The molecule has 3 rings (SSSR count). The number of anilines is 1. The normalized spacial score (nSPS) is 11.2. The largest absolute Gasteiger partial charge is 0.354 e. The van der Waals surface area contributed by atoms with Crippen LogP contribution < -0.4 is 5.32 Å². The third-order valence-electron chi connectivity index (χ3n) is 2.79. The monoisotopic (exact) mass is 305 g/mol. The van der Waals surface area contributed by atoms with E-state index < -0.39 is 0 Å². The quantitative estimate of drug-likeness (QED) is 0.749. The maximum atomic E-state index is 4.61. The molecule has 0 saturated heterocycles. The highest BCUT2D eigenvalue weighted by atomic mass is 32.2. The minimum absolute atomic E-state index is 0.684. The molecule has 3 aromatic heterocycles. The summed E-state index contributed by atoms with van der Waals surface area (Å²) in [6.07, 6.45) is 0. The average Bonchev–Trinajstić information content (AvgIpc) is 2.97. The van der Waals surface area contributed by atoms with Crippen molar-refractivity contribution in [2.75, 3.05) is 11.9 Å². The molecule has 3 heterocycles. The van der Waals surface area contributed by atoms with Crippen molar-refractivity contribution in [1.29, 1.82) is 0 Å². The maximum Gasteiger partial charge on any atom is 0.225 e. The summed E-state index contributed by atoms with van der Waals surface area (Å²) in [7, 11) is 1.95. The van der Waals surface area contributed by atoms with Crippen LogP contribution in [0.2, 0.25) is 0 Å². The molecule has 1 N–H and O–H groups in total. The standard InChI is InChI=1S/C13H15N5S2/c1-4-14-13-15-11-9(5-6-19-11)12(16-13)20-10-7-8(2)17-18(10)3/h5-7H,4H2,1-3H3,(H,14,15,16). The van der Waals surface area contributed by atoms with E-state index in [0.29, 0.717) is 5.95 Å². The minimum Gasteiger partial charge on any atom is -0.354 e. The van der Waals surface area contributed by atoms with Crippen LogP contribution in [0, 0.1) is 6.92 Å². The van der Waals surface area contributed by atoms with Gasteiger partial charge < -0.3 is 5.32 Å². The third kappa shape index (κ3) is 2.51. The van der Waals surface area contributed by atoms with Gasteiger partial charge in [0, 0.05) is 19.0 Å². The van der Waals surface area contributed by atoms with Crippen LogP contribution in [-0.4, -0.2) is 26.3 Å². The first kappa shape index (κ1) is 13.4. The molecule has 104 valence electrons. The highest BCUT2D eigenvalue weighted by Crippen LogP contribution is 2.34. The van der Waals surface area contributed by atoms with Crippen molar-refractivity contribution in [2.45, 2.75) is 23.9 Å². The highest BCUT2D eigenvalue weighted by Gasteiger charge is 2.12. The molecule has 0 atom stereocenters. The summed E-state index contributed by atoms with van der Waals surface area (Å²) in [5.74, 6) is 0.684. The Morgan fingerprint density at radius 1 is 1.40 bits per heavy atom. The Balaban J connectivity index is 2.05. The molecule has 20 heavy (non-hydrogen) atoms. The highest BCUT2D eigenvalue weighted by molar-refractivity contribution is 7.99. The molecule has 0 spiro atoms. The molecule has 7 heteroatoms. The van der Waals surface area contributed by atoms with Gasteiger partial charge in [-0.1, -0.05) is 0 Å². The lowest BCUT2D eigenvalue weighted by Crippen LogP contribution is -2.02. The Kier molecular flexibility index (Phi) is 3.62. The van der Waals surface area contributed by atoms with Gasteiger partial charge in [-0.2, -0.15) is 5.10 Å². The molecule has 0 aromatic carbocycles. The van der Waals surface area contributed by atoms with E-state index >= 15 is 0 Å². The van der Waals surface area contributed by atoms with Crippen LogP contribution in [0.1, 0.15) is 12.6 Å². The molecule has 0 radical (unpaired) electrons. The van der Waals surface area contributed by atoms with Gasteiger partial charge in [0.2, 0.25) is 5.95 Å². The predicted molar refractivity (Wildman–Crippen MR) is 83.6 cm³/mol. The second kappa shape index (κ2) is 5.41. The van der Waals surface area contributed by atoms with Crippen molar-refractivity contribution >= 4 is 39.3 Å². The number of aryl methyl sites for hydroxylation is 2. The Labute approximate surface area is 125 Å². The van der Waals surface area contributed by atoms with Crippen molar-refractivity contribution in [3.8, 4) is 0 Å². The van der Waals surface area contributed by atoms with E-state index in [1.165, 1.54) is 0 Å². The van der Waals surface area contributed by atoms with Gasteiger partial charge in [0.05, 0.1) is 5.69 Å². The maximum absolute atomic E-state index is 4.61. The van der Waals surface area contributed by atoms with Crippen molar-refractivity contribution in [2.24, 2.45) is 7.05 Å². The number of aromatic nitrogens is 4. The summed E-state index contributed by atoms with van der Waals surface area (Å²) in [4.78, 5) is 10.1. The van der Waals surface area contributed by atoms with Gasteiger partial charge in [-0.3, -0.25) is 4.68 Å². The zero-order valence-corrected chi connectivity index (χ0v) is 13.2. The summed E-state index contributed by atoms with van der Waals surface area (Å²) < 4.78 is 1.88. The van der Waals surface area contributed by atoms with Crippen molar-refractivity contribution in [1.82, 2.24) is 19.7 Å². The van der Waals surface area contributed by atoms with E-state index in [0.717, 1.165) is 32.5 Å². The molecule has 0 saturated carbocycles. The molecule has 0 bridgehead atoms. The molecule has 5 nitrogen and oxygen atoms in total. The molecular weight excluding hydrogens is 290 g/mol. The molecule has 0 unspecified atom stereocenters. The van der Waals surface area contributed by atoms with Crippen LogP contribution in [0.25, 0.3) is 10.2 Å². The minimum atomic E-state index is 0.684. The number of rotatable bonds is 4. The van der Waals surface area contributed by atoms with Crippen molar-refractivity contribution in [3.05, 3.63) is 23.2 Å². The number of thiophene rings is 1. The summed E-state index contributed by atoms with van der Waals surface area (Å²) in [5, 5.41) is 12.8. The first-order valence-corrected chi connectivity index (χ1v) is 8.04. The topological polar surface area (TPSA) is 55.6 Å². The fraction of sp³-hybridized carbons (Fsp3) is 0.308. The molecule has 0 amide bonds. The van der Waals surface area contributed by atoms with E-state index in [1.54, 1.807) is 23.1 Å². The van der Waals surface area contributed by atoms with Gasteiger partial charge in [-0.15, -0.1) is 11.3 Å². The second-order valence-electron chi connectivity index (χ2n) is 4.37. The van der Waals surface area contributed by atoms with E-state index in [9.17, 15) is 0 Å². The van der Waals surface area contributed by atoms with Crippen LogP contribution >= 0.6 is 23.1 Å². The lowest BCUT2D eigenvalue weighted by atomic mass is 10.4. The van der Waals surface area contributed by atoms with Gasteiger partial charge in [-0.05, 0) is 43.1 Å². The number of hydrogen-bond acceptors (Lipinski definition) is 6. The first-order valence-electron chi connectivity index (χ1n) is 6.35.